The summed E-state index contributed by atoms with van der Waals surface area (Å²) in [4.78, 5) is 6.00. The molecule has 5 heteroatoms. The maximum atomic E-state index is 8.40. The summed E-state index contributed by atoms with van der Waals surface area (Å²) in [6.07, 6.45) is 2.90. The molecule has 0 aromatic heterocycles. The van der Waals surface area contributed by atoms with E-state index in [0.717, 1.165) is 0 Å². The van der Waals surface area contributed by atoms with Gasteiger partial charge in [0.05, 0.1) is 0 Å². The molecule has 0 N–H and O–H groups in total. The van der Waals surface area contributed by atoms with Gasteiger partial charge < -0.3 is 11.1 Å². The highest BCUT2D eigenvalue weighted by Crippen LogP contribution is 2.33. The predicted octanol–water partition coefficient (Wildman–Crippen LogP) is 1.88. The van der Waals surface area contributed by atoms with Crippen molar-refractivity contribution >= 4 is 24.2 Å². The minimum absolute atomic E-state index is 0.292. The van der Waals surface area contributed by atoms with Crippen molar-refractivity contribution in [3.8, 4) is 0 Å². The van der Waals surface area contributed by atoms with E-state index < -0.39 is 0 Å². The van der Waals surface area contributed by atoms with Crippen LogP contribution in [0.4, 0.5) is 0 Å². The largest absolute Gasteiger partial charge is 0.362 e. The highest BCUT2D eigenvalue weighted by atomic mass is 32.2. The fourth-order valence-electron chi connectivity index (χ4n) is 1.01. The van der Waals surface area contributed by atoms with Crippen molar-refractivity contribution in [1.29, 1.82) is 0 Å². The first kappa shape index (κ1) is 12.1. The molecule has 0 heterocycles. The predicted molar refractivity (Wildman–Crippen MR) is 55.1 cm³/mol. The lowest BCUT2D eigenvalue weighted by Gasteiger charge is -2.22. The normalized spacial score (nSPS) is 11.4. The van der Waals surface area contributed by atoms with Crippen molar-refractivity contribution in [1.82, 2.24) is 0 Å². The van der Waals surface area contributed by atoms with Crippen molar-refractivity contribution in [3.05, 3.63) is 11.1 Å². The molecule has 0 atom stereocenters. The average Bonchev–Trinajstić information content (AvgIpc) is 1.82. The highest BCUT2D eigenvalue weighted by molar-refractivity contribution is 8.03. The maximum Gasteiger partial charge on any atom is 0.272 e. The molecule has 0 saturated heterocycles. The van der Waals surface area contributed by atoms with Crippen molar-refractivity contribution in [2.24, 2.45) is 0 Å². The summed E-state index contributed by atoms with van der Waals surface area (Å²) in [6, 6.07) is 0. The molecule has 0 aromatic carbocycles. The number of thioether (sulfide) groups is 1. The van der Waals surface area contributed by atoms with Crippen molar-refractivity contribution in [2.75, 3.05) is 0 Å². The maximum absolute atomic E-state index is 8.40. The first-order valence-electron chi connectivity index (χ1n) is 3.90. The molecule has 0 spiro atoms. The molecule has 13 heavy (non-hydrogen) atoms. The Balaban J connectivity index is 4.59. The van der Waals surface area contributed by atoms with E-state index >= 15 is 0 Å². The third kappa shape index (κ3) is 5.36. The molecule has 0 rings (SSSR count). The van der Waals surface area contributed by atoms with Crippen LogP contribution in [0.5, 0.6) is 0 Å². The summed E-state index contributed by atoms with van der Waals surface area (Å²) in [7, 11) is 0. The van der Waals surface area contributed by atoms with E-state index in [4.69, 9.17) is 11.1 Å². The van der Waals surface area contributed by atoms with Crippen LogP contribution in [-0.4, -0.2) is 31.5 Å². The van der Waals surface area contributed by atoms with Crippen molar-refractivity contribution in [3.63, 3.8) is 0 Å². The fourth-order valence-corrected chi connectivity index (χ4v) is 2.56. The van der Waals surface area contributed by atoms with Crippen LogP contribution in [0.3, 0.4) is 0 Å². The Morgan fingerprint density at radius 3 is 1.46 bits per heavy atom. The quantitative estimate of drug-likeness (QED) is 0.386. The van der Waals surface area contributed by atoms with E-state index in [1.54, 1.807) is 0 Å². The zero-order chi connectivity index (χ0) is 10.5. The average molecular weight is 198 g/mol. The van der Waals surface area contributed by atoms with E-state index in [1.165, 1.54) is 24.2 Å². The van der Waals surface area contributed by atoms with Crippen LogP contribution in [-0.2, 0) is 0 Å². The third-order valence-corrected chi connectivity index (χ3v) is 2.53. The second kappa shape index (κ2) is 4.38. The van der Waals surface area contributed by atoms with Gasteiger partial charge in [0, 0.05) is 0 Å². The van der Waals surface area contributed by atoms with Gasteiger partial charge in [-0.15, -0.1) is 11.8 Å². The summed E-state index contributed by atoms with van der Waals surface area (Å²) >= 11 is 1.53. The lowest BCUT2D eigenvalue weighted by Crippen LogP contribution is -2.29. The highest BCUT2D eigenvalue weighted by Gasteiger charge is 2.32. The first-order chi connectivity index (χ1) is 5.83. The van der Waals surface area contributed by atoms with Gasteiger partial charge in [-0.3, -0.25) is 0 Å². The molecule has 72 valence electrons. The van der Waals surface area contributed by atoms with Gasteiger partial charge in [-0.2, -0.15) is 9.58 Å². The van der Waals surface area contributed by atoms with E-state index in [-0.39, 0.29) is 9.49 Å². The molecule has 0 saturated carbocycles. The van der Waals surface area contributed by atoms with Gasteiger partial charge in [0.1, 0.15) is 9.49 Å². The Labute approximate surface area is 82.6 Å². The van der Waals surface area contributed by atoms with Crippen molar-refractivity contribution < 1.29 is 9.58 Å². The van der Waals surface area contributed by atoms with Crippen LogP contribution in [0.1, 0.15) is 27.7 Å². The van der Waals surface area contributed by atoms with Crippen LogP contribution < -0.4 is 0 Å². The number of hydrogen-bond acceptors (Lipinski definition) is 1. The zero-order valence-electron chi connectivity index (χ0n) is 8.35. The smallest absolute Gasteiger partial charge is 0.272 e. The standard InChI is InChI=1S/C8H14N4S/c1-7(2,5-11-9)13-8(3,4)6-12-10/h5-6H,1-4H3. The monoisotopic (exact) mass is 198 g/mol. The Hall–Kier alpha value is -0.890. The Morgan fingerprint density at radius 1 is 0.923 bits per heavy atom. The Kier molecular flexibility index (Phi) is 4.08. The molecular formula is C8H14N4S. The lowest BCUT2D eigenvalue weighted by atomic mass is 10.2. The van der Waals surface area contributed by atoms with E-state index in [1.807, 2.05) is 27.7 Å². The summed E-state index contributed by atoms with van der Waals surface area (Å²) in [5.41, 5.74) is 16.8. The summed E-state index contributed by atoms with van der Waals surface area (Å²) in [6.45, 7) is 7.68. The van der Waals surface area contributed by atoms with Gasteiger partial charge in [-0.1, -0.05) is 0 Å². The summed E-state index contributed by atoms with van der Waals surface area (Å²) in [5, 5.41) is 0. The lowest BCUT2D eigenvalue weighted by molar-refractivity contribution is -0.00127. The van der Waals surface area contributed by atoms with E-state index in [0.29, 0.717) is 0 Å². The van der Waals surface area contributed by atoms with E-state index in [9.17, 15) is 0 Å². The number of nitrogens with zero attached hydrogens (tertiary/aromatic N) is 4. The third-order valence-electron chi connectivity index (χ3n) is 1.26. The van der Waals surface area contributed by atoms with Crippen LogP contribution in [0.2, 0.25) is 0 Å². The van der Waals surface area contributed by atoms with Crippen LogP contribution in [0, 0.1) is 0 Å². The second-order valence-electron chi connectivity index (χ2n) is 3.80. The fraction of sp³-hybridized carbons (Fsp3) is 0.750. The molecule has 0 aliphatic rings. The molecule has 4 nitrogen and oxygen atoms in total. The molecule has 0 aliphatic heterocycles. The molecule has 0 aromatic rings. The molecule has 0 unspecified atom stereocenters. The molecule has 0 amide bonds. The zero-order valence-corrected chi connectivity index (χ0v) is 9.17. The SMILES string of the molecule is CC(C)(C=[N+]=[N-])SC(C)(C)C=[N+]=[N-]. The Bertz CT molecular complexity index is 242. The number of hydrogen-bond donors (Lipinski definition) is 0. The van der Waals surface area contributed by atoms with Crippen LogP contribution >= 0.6 is 11.8 Å². The van der Waals surface area contributed by atoms with Gasteiger partial charge in [-0.05, 0) is 27.7 Å². The van der Waals surface area contributed by atoms with Crippen LogP contribution in [0.25, 0.3) is 11.1 Å². The summed E-state index contributed by atoms with van der Waals surface area (Å²) < 4.78 is -0.584. The van der Waals surface area contributed by atoms with E-state index in [2.05, 4.69) is 9.58 Å². The first-order valence-corrected chi connectivity index (χ1v) is 4.72. The molecule has 0 bridgehead atoms. The Morgan fingerprint density at radius 2 is 1.23 bits per heavy atom. The molecule has 0 fully saturated rings. The molecular weight excluding hydrogens is 184 g/mol. The van der Waals surface area contributed by atoms with Crippen LogP contribution in [0.15, 0.2) is 0 Å². The van der Waals surface area contributed by atoms with Gasteiger partial charge >= 0.3 is 0 Å². The molecule has 0 radical (unpaired) electrons. The van der Waals surface area contributed by atoms with Gasteiger partial charge in [-0.25, -0.2) is 0 Å². The van der Waals surface area contributed by atoms with Crippen molar-refractivity contribution in [2.45, 2.75) is 37.2 Å². The van der Waals surface area contributed by atoms with Gasteiger partial charge in [0.15, 0.2) is 0 Å². The molecule has 0 aliphatic carbocycles. The minimum Gasteiger partial charge on any atom is -0.362 e. The second-order valence-corrected chi connectivity index (χ2v) is 6.11. The minimum atomic E-state index is -0.292. The van der Waals surface area contributed by atoms with Gasteiger partial charge in [0.25, 0.3) is 12.4 Å². The number of rotatable bonds is 4. The van der Waals surface area contributed by atoms with Gasteiger partial charge in [0.2, 0.25) is 0 Å². The summed E-state index contributed by atoms with van der Waals surface area (Å²) in [5.74, 6) is 0. The topological polar surface area (TPSA) is 72.8 Å².